The van der Waals surface area contributed by atoms with E-state index in [1.807, 2.05) is 11.8 Å². The summed E-state index contributed by atoms with van der Waals surface area (Å²) in [7, 11) is 0. The van der Waals surface area contributed by atoms with Crippen LogP contribution in [-0.4, -0.2) is 29.7 Å². The van der Waals surface area contributed by atoms with E-state index in [0.717, 1.165) is 31.2 Å². The number of hydrogen-bond donors (Lipinski definition) is 1. The van der Waals surface area contributed by atoms with E-state index in [1.54, 1.807) is 0 Å². The molecule has 3 nitrogen and oxygen atoms in total. The van der Waals surface area contributed by atoms with E-state index in [0.29, 0.717) is 5.92 Å². The Morgan fingerprint density at radius 2 is 2.21 bits per heavy atom. The Morgan fingerprint density at radius 1 is 1.42 bits per heavy atom. The fourth-order valence-corrected chi connectivity index (χ4v) is 4.37. The molecule has 3 rings (SSSR count). The molecule has 0 aromatic heterocycles. The molecule has 4 heteroatoms. The van der Waals surface area contributed by atoms with Crippen LogP contribution in [0, 0.1) is 5.92 Å². The van der Waals surface area contributed by atoms with Crippen molar-refractivity contribution >= 4 is 17.7 Å². The number of rotatable bonds is 2. The summed E-state index contributed by atoms with van der Waals surface area (Å²) in [6.07, 6.45) is 1.13. The Balaban J connectivity index is 2.04. The van der Waals surface area contributed by atoms with Gasteiger partial charge >= 0.3 is 0 Å². The van der Waals surface area contributed by atoms with Crippen molar-refractivity contribution < 1.29 is 0 Å². The average molecular weight is 275 g/mol. The lowest BCUT2D eigenvalue weighted by atomic mass is 9.85. The van der Waals surface area contributed by atoms with Gasteiger partial charge in [-0.1, -0.05) is 32.0 Å². The van der Waals surface area contributed by atoms with Crippen LogP contribution in [0.3, 0.4) is 0 Å². The first kappa shape index (κ1) is 12.9. The van der Waals surface area contributed by atoms with Gasteiger partial charge in [-0.25, -0.2) is 0 Å². The summed E-state index contributed by atoms with van der Waals surface area (Å²) in [6, 6.07) is 8.73. The standard InChI is InChI=1S/C15H21N3S/c1-11(2)9-18-14(16)17-10-15(18)7-8-19-13-6-4-3-5-12(13)15/h3-6,11H,7-10H2,1-2H3,(H2,16,17). The van der Waals surface area contributed by atoms with Crippen molar-refractivity contribution in [3.63, 3.8) is 0 Å². The van der Waals surface area contributed by atoms with Crippen molar-refractivity contribution in [3.8, 4) is 0 Å². The summed E-state index contributed by atoms with van der Waals surface area (Å²) in [4.78, 5) is 8.30. The smallest absolute Gasteiger partial charge is 0.192 e. The van der Waals surface area contributed by atoms with Crippen molar-refractivity contribution in [1.29, 1.82) is 0 Å². The molecule has 2 N–H and O–H groups in total. The fourth-order valence-electron chi connectivity index (χ4n) is 3.12. The highest BCUT2D eigenvalue weighted by Gasteiger charge is 2.46. The van der Waals surface area contributed by atoms with E-state index in [4.69, 9.17) is 5.73 Å². The van der Waals surface area contributed by atoms with Gasteiger partial charge in [-0.15, -0.1) is 11.8 Å². The minimum Gasteiger partial charge on any atom is -0.370 e. The van der Waals surface area contributed by atoms with Gasteiger partial charge in [0.2, 0.25) is 0 Å². The van der Waals surface area contributed by atoms with Gasteiger partial charge in [-0.3, -0.25) is 4.99 Å². The number of nitrogens with two attached hydrogens (primary N) is 1. The van der Waals surface area contributed by atoms with Crippen molar-refractivity contribution in [2.75, 3.05) is 18.8 Å². The first-order valence-electron chi connectivity index (χ1n) is 6.93. The molecule has 0 radical (unpaired) electrons. The highest BCUT2D eigenvalue weighted by Crippen LogP contribution is 2.46. The van der Waals surface area contributed by atoms with Crippen molar-refractivity contribution in [2.45, 2.75) is 30.7 Å². The minimum atomic E-state index is 0.0101. The molecule has 2 aliphatic heterocycles. The molecule has 1 atom stereocenters. The van der Waals surface area contributed by atoms with E-state index >= 15 is 0 Å². The van der Waals surface area contributed by atoms with Gasteiger partial charge in [-0.05, 0) is 24.0 Å². The van der Waals surface area contributed by atoms with Crippen LogP contribution < -0.4 is 5.73 Å². The summed E-state index contributed by atoms with van der Waals surface area (Å²) in [6.45, 7) is 6.27. The topological polar surface area (TPSA) is 41.6 Å². The number of fused-ring (bicyclic) bond motifs is 2. The maximum Gasteiger partial charge on any atom is 0.192 e. The van der Waals surface area contributed by atoms with Crippen LogP contribution in [0.25, 0.3) is 0 Å². The molecular formula is C15H21N3S. The summed E-state index contributed by atoms with van der Waals surface area (Å²) in [5.74, 6) is 2.45. The van der Waals surface area contributed by atoms with Gasteiger partial charge < -0.3 is 10.6 Å². The molecule has 0 saturated heterocycles. The van der Waals surface area contributed by atoms with Crippen molar-refractivity contribution in [3.05, 3.63) is 29.8 Å². The first-order valence-corrected chi connectivity index (χ1v) is 7.92. The highest BCUT2D eigenvalue weighted by molar-refractivity contribution is 7.99. The van der Waals surface area contributed by atoms with Gasteiger partial charge in [0.25, 0.3) is 0 Å². The summed E-state index contributed by atoms with van der Waals surface area (Å²) < 4.78 is 0. The first-order chi connectivity index (χ1) is 9.13. The molecule has 2 aliphatic rings. The molecule has 0 saturated carbocycles. The highest BCUT2D eigenvalue weighted by atomic mass is 32.2. The SMILES string of the molecule is CC(C)CN1C(N)=NCC12CCSc1ccccc12. The number of guanidine groups is 1. The average Bonchev–Trinajstić information content (AvgIpc) is 2.69. The third kappa shape index (κ3) is 2.02. The van der Waals surface area contributed by atoms with Crippen LogP contribution in [0.15, 0.2) is 34.2 Å². The number of hydrogen-bond acceptors (Lipinski definition) is 4. The molecule has 1 unspecified atom stereocenters. The number of thioether (sulfide) groups is 1. The number of benzene rings is 1. The monoisotopic (exact) mass is 275 g/mol. The molecule has 1 spiro atoms. The molecule has 1 aromatic carbocycles. The van der Waals surface area contributed by atoms with Crippen molar-refractivity contribution in [2.24, 2.45) is 16.6 Å². The molecule has 0 amide bonds. The quantitative estimate of drug-likeness (QED) is 0.902. The largest absolute Gasteiger partial charge is 0.370 e. The van der Waals surface area contributed by atoms with Crippen molar-refractivity contribution in [1.82, 2.24) is 4.90 Å². The zero-order valence-electron chi connectivity index (χ0n) is 11.6. The Labute approximate surface area is 119 Å². The molecule has 1 aromatic rings. The molecule has 0 bridgehead atoms. The van der Waals surface area contributed by atoms with Gasteiger partial charge in [0.15, 0.2) is 5.96 Å². The molecule has 19 heavy (non-hydrogen) atoms. The Bertz CT molecular complexity index is 512. The third-order valence-corrected chi connectivity index (χ3v) is 5.08. The van der Waals surface area contributed by atoms with Crippen LogP contribution in [0.4, 0.5) is 0 Å². The molecule has 102 valence electrons. The maximum absolute atomic E-state index is 6.16. The van der Waals surface area contributed by atoms with Crippen LogP contribution in [0.5, 0.6) is 0 Å². The van der Waals surface area contributed by atoms with E-state index in [2.05, 4.69) is 48.0 Å². The van der Waals surface area contributed by atoms with E-state index in [-0.39, 0.29) is 5.54 Å². The van der Waals surface area contributed by atoms with E-state index < -0.39 is 0 Å². The zero-order chi connectivity index (χ0) is 13.5. The van der Waals surface area contributed by atoms with Crippen LogP contribution in [0.1, 0.15) is 25.8 Å². The second-order valence-corrected chi connectivity index (χ2v) is 6.94. The molecule has 2 heterocycles. The summed E-state index contributed by atoms with van der Waals surface area (Å²) in [5.41, 5.74) is 7.58. The maximum atomic E-state index is 6.16. The Kier molecular flexibility index (Phi) is 3.21. The number of aliphatic imine (C=N–C) groups is 1. The van der Waals surface area contributed by atoms with E-state index in [1.165, 1.54) is 10.5 Å². The lowest BCUT2D eigenvalue weighted by Crippen LogP contribution is -2.52. The van der Waals surface area contributed by atoms with Crippen LogP contribution in [-0.2, 0) is 5.54 Å². The van der Waals surface area contributed by atoms with Crippen LogP contribution >= 0.6 is 11.8 Å². The predicted molar refractivity (Wildman–Crippen MR) is 81.5 cm³/mol. The fraction of sp³-hybridized carbons (Fsp3) is 0.533. The molecule has 0 aliphatic carbocycles. The van der Waals surface area contributed by atoms with Gasteiger partial charge in [0.1, 0.15) is 0 Å². The Hall–Kier alpha value is -1.16. The normalized spacial score (nSPS) is 25.8. The molecule has 0 fully saturated rings. The van der Waals surface area contributed by atoms with E-state index in [9.17, 15) is 0 Å². The zero-order valence-corrected chi connectivity index (χ0v) is 12.4. The second-order valence-electron chi connectivity index (χ2n) is 5.81. The lowest BCUT2D eigenvalue weighted by molar-refractivity contribution is 0.172. The summed E-state index contributed by atoms with van der Waals surface area (Å²) in [5, 5.41) is 0. The van der Waals surface area contributed by atoms with Gasteiger partial charge in [-0.2, -0.15) is 0 Å². The van der Waals surface area contributed by atoms with Gasteiger partial charge in [0.05, 0.1) is 12.1 Å². The second kappa shape index (κ2) is 4.75. The minimum absolute atomic E-state index is 0.0101. The van der Waals surface area contributed by atoms with Gasteiger partial charge in [0, 0.05) is 17.2 Å². The number of nitrogens with zero attached hydrogens (tertiary/aromatic N) is 2. The lowest BCUT2D eigenvalue weighted by Gasteiger charge is -2.43. The predicted octanol–water partition coefficient (Wildman–Crippen LogP) is 2.66. The Morgan fingerprint density at radius 3 is 3.00 bits per heavy atom. The summed E-state index contributed by atoms with van der Waals surface area (Å²) >= 11 is 1.95. The molecular weight excluding hydrogens is 254 g/mol. The van der Waals surface area contributed by atoms with Crippen LogP contribution in [0.2, 0.25) is 0 Å². The third-order valence-electron chi connectivity index (χ3n) is 4.01.